The van der Waals surface area contributed by atoms with Crippen LogP contribution in [0.2, 0.25) is 0 Å². The molecule has 150 valence electrons. The van der Waals surface area contributed by atoms with Gasteiger partial charge in [-0.05, 0) is 30.5 Å². The molecule has 29 heavy (non-hydrogen) atoms. The monoisotopic (exact) mass is 394 g/mol. The lowest BCUT2D eigenvalue weighted by molar-refractivity contribution is -0.121. The second-order valence-corrected chi connectivity index (χ2v) is 7.19. The molecule has 1 amide bonds. The smallest absolute Gasteiger partial charge is 0.224 e. The van der Waals surface area contributed by atoms with Crippen molar-refractivity contribution in [1.29, 1.82) is 0 Å². The minimum Gasteiger partial charge on any atom is -0.494 e. The fourth-order valence-corrected chi connectivity index (χ4v) is 3.72. The van der Waals surface area contributed by atoms with E-state index in [4.69, 9.17) is 4.74 Å². The van der Waals surface area contributed by atoms with Crippen LogP contribution in [0.3, 0.4) is 0 Å². The maximum atomic E-state index is 13.8. The summed E-state index contributed by atoms with van der Waals surface area (Å²) in [5, 5.41) is 11.8. The Morgan fingerprint density at radius 1 is 1.21 bits per heavy atom. The van der Waals surface area contributed by atoms with Crippen molar-refractivity contribution >= 4 is 5.91 Å². The second kappa shape index (κ2) is 8.43. The number of carbonyl (C=O) groups is 1. The maximum absolute atomic E-state index is 13.8. The highest BCUT2D eigenvalue weighted by atomic mass is 19.1. The van der Waals surface area contributed by atoms with E-state index in [1.54, 1.807) is 12.1 Å². The number of aryl methyl sites for hydroxylation is 1. The molecule has 1 aromatic heterocycles. The molecular formula is C22H23FN4O2. The third kappa shape index (κ3) is 4.29. The van der Waals surface area contributed by atoms with Crippen LogP contribution in [0.5, 0.6) is 5.75 Å². The molecule has 2 aromatic carbocycles. The van der Waals surface area contributed by atoms with Crippen LogP contribution in [-0.2, 0) is 24.2 Å². The number of ether oxygens (including phenoxy) is 1. The van der Waals surface area contributed by atoms with Gasteiger partial charge >= 0.3 is 0 Å². The van der Waals surface area contributed by atoms with Crippen molar-refractivity contribution in [3.63, 3.8) is 0 Å². The molecule has 6 nitrogen and oxygen atoms in total. The average Bonchev–Trinajstić information content (AvgIpc) is 3.03. The second-order valence-electron chi connectivity index (χ2n) is 7.19. The Morgan fingerprint density at radius 3 is 2.79 bits per heavy atom. The van der Waals surface area contributed by atoms with E-state index in [-0.39, 0.29) is 24.1 Å². The molecule has 0 saturated carbocycles. The fraction of sp³-hybridized carbons (Fsp3) is 0.318. The first-order chi connectivity index (χ1) is 14.1. The zero-order valence-corrected chi connectivity index (χ0v) is 16.3. The Morgan fingerprint density at radius 2 is 2.03 bits per heavy atom. The third-order valence-corrected chi connectivity index (χ3v) is 5.22. The van der Waals surface area contributed by atoms with Crippen LogP contribution >= 0.6 is 0 Å². The van der Waals surface area contributed by atoms with Gasteiger partial charge < -0.3 is 14.6 Å². The van der Waals surface area contributed by atoms with Gasteiger partial charge in [-0.2, -0.15) is 0 Å². The fourth-order valence-electron chi connectivity index (χ4n) is 3.72. The number of aromatic nitrogens is 3. The van der Waals surface area contributed by atoms with Crippen molar-refractivity contribution < 1.29 is 13.9 Å². The van der Waals surface area contributed by atoms with E-state index in [1.807, 2.05) is 30.3 Å². The van der Waals surface area contributed by atoms with Crippen LogP contribution in [0.4, 0.5) is 4.39 Å². The van der Waals surface area contributed by atoms with Gasteiger partial charge in [0.1, 0.15) is 5.82 Å². The molecule has 0 radical (unpaired) electrons. The molecule has 4 rings (SSSR count). The van der Waals surface area contributed by atoms with Crippen LogP contribution in [0.25, 0.3) is 11.4 Å². The molecule has 0 fully saturated rings. The summed E-state index contributed by atoms with van der Waals surface area (Å²) in [7, 11) is 1.42. The first-order valence-electron chi connectivity index (χ1n) is 9.73. The van der Waals surface area contributed by atoms with Crippen molar-refractivity contribution in [2.45, 2.75) is 38.3 Å². The minimum absolute atomic E-state index is 0.0518. The van der Waals surface area contributed by atoms with Gasteiger partial charge in [-0.1, -0.05) is 36.4 Å². The molecule has 0 bridgehead atoms. The number of nitrogens with zero attached hydrogens (tertiary/aromatic N) is 3. The lowest BCUT2D eigenvalue weighted by atomic mass is 10.1. The molecular weight excluding hydrogens is 371 g/mol. The molecule has 1 atom stereocenters. The number of hydrogen-bond acceptors (Lipinski definition) is 4. The summed E-state index contributed by atoms with van der Waals surface area (Å²) in [5.41, 5.74) is 1.66. The number of fused-ring (bicyclic) bond motifs is 1. The van der Waals surface area contributed by atoms with Crippen LogP contribution in [0, 0.1) is 5.82 Å². The maximum Gasteiger partial charge on any atom is 0.224 e. The molecule has 1 aliphatic heterocycles. The predicted octanol–water partition coefficient (Wildman–Crippen LogP) is 3.16. The Balaban J connectivity index is 1.38. The Kier molecular flexibility index (Phi) is 5.55. The Bertz CT molecular complexity index is 1000. The Labute approximate surface area is 168 Å². The molecule has 1 N–H and O–H groups in total. The van der Waals surface area contributed by atoms with Crippen LogP contribution in [0.1, 0.15) is 24.2 Å². The van der Waals surface area contributed by atoms with Crippen LogP contribution < -0.4 is 10.1 Å². The molecule has 0 spiro atoms. The van der Waals surface area contributed by atoms with Crippen molar-refractivity contribution in [3.8, 4) is 17.1 Å². The summed E-state index contributed by atoms with van der Waals surface area (Å²) in [6.45, 7) is 0.745. The van der Waals surface area contributed by atoms with Crippen LogP contribution in [-0.4, -0.2) is 33.8 Å². The Hall–Kier alpha value is -3.22. The number of methoxy groups -OCH3 is 1. The van der Waals surface area contributed by atoms with Crippen molar-refractivity contribution in [3.05, 3.63) is 65.7 Å². The van der Waals surface area contributed by atoms with Gasteiger partial charge in [0, 0.05) is 24.6 Å². The predicted molar refractivity (Wildman–Crippen MR) is 107 cm³/mol. The lowest BCUT2D eigenvalue weighted by Crippen LogP contribution is -2.36. The highest BCUT2D eigenvalue weighted by Crippen LogP contribution is 2.23. The number of benzene rings is 2. The molecule has 0 saturated heterocycles. The van der Waals surface area contributed by atoms with Gasteiger partial charge in [0.05, 0.1) is 13.5 Å². The lowest BCUT2D eigenvalue weighted by Gasteiger charge is -2.16. The van der Waals surface area contributed by atoms with Gasteiger partial charge in [-0.3, -0.25) is 4.79 Å². The number of carbonyl (C=O) groups excluding carboxylic acids is 1. The molecule has 1 unspecified atom stereocenters. The van der Waals surface area contributed by atoms with Gasteiger partial charge in [0.15, 0.2) is 17.4 Å². The van der Waals surface area contributed by atoms with E-state index in [2.05, 4.69) is 20.1 Å². The number of nitrogens with one attached hydrogen (secondary N) is 1. The molecule has 7 heteroatoms. The first kappa shape index (κ1) is 19.1. The van der Waals surface area contributed by atoms with Crippen molar-refractivity contribution in [2.75, 3.05) is 7.11 Å². The summed E-state index contributed by atoms with van der Waals surface area (Å²) < 4.78 is 20.9. The van der Waals surface area contributed by atoms with E-state index in [9.17, 15) is 9.18 Å². The SMILES string of the molecule is COc1ccc(CC(=O)NC2CCc3nnc(-c4ccccc4)n3CC2)cc1F. The first-order valence-corrected chi connectivity index (χ1v) is 9.73. The highest BCUT2D eigenvalue weighted by molar-refractivity contribution is 5.78. The molecule has 2 heterocycles. The van der Waals surface area contributed by atoms with E-state index in [0.29, 0.717) is 5.56 Å². The van der Waals surface area contributed by atoms with Gasteiger partial charge in [0.2, 0.25) is 5.91 Å². The van der Waals surface area contributed by atoms with Crippen LogP contribution in [0.15, 0.2) is 48.5 Å². The number of amides is 1. The number of rotatable bonds is 5. The minimum atomic E-state index is -0.460. The summed E-state index contributed by atoms with van der Waals surface area (Å²) >= 11 is 0. The molecule has 3 aromatic rings. The number of halogens is 1. The standard InChI is InChI=1S/C22H23FN4O2/c1-29-19-9-7-15(13-18(19)23)14-21(28)24-17-8-10-20-25-26-22(27(20)12-11-17)16-5-3-2-4-6-16/h2-7,9,13,17H,8,10-12,14H2,1H3,(H,24,28). The summed E-state index contributed by atoms with van der Waals surface area (Å²) in [6.07, 6.45) is 2.49. The normalized spacial score (nSPS) is 16.0. The van der Waals surface area contributed by atoms with Gasteiger partial charge in [0.25, 0.3) is 0 Å². The summed E-state index contributed by atoms with van der Waals surface area (Å²) in [5.74, 6) is 1.41. The zero-order valence-electron chi connectivity index (χ0n) is 16.3. The van der Waals surface area contributed by atoms with E-state index < -0.39 is 5.82 Å². The average molecular weight is 394 g/mol. The van der Waals surface area contributed by atoms with Crippen molar-refractivity contribution in [2.24, 2.45) is 0 Å². The van der Waals surface area contributed by atoms with E-state index in [1.165, 1.54) is 13.2 Å². The molecule has 1 aliphatic rings. The topological polar surface area (TPSA) is 69.0 Å². The van der Waals surface area contributed by atoms with E-state index in [0.717, 1.165) is 43.0 Å². The third-order valence-electron chi connectivity index (χ3n) is 5.22. The van der Waals surface area contributed by atoms with Crippen molar-refractivity contribution in [1.82, 2.24) is 20.1 Å². The number of hydrogen-bond donors (Lipinski definition) is 1. The van der Waals surface area contributed by atoms with Gasteiger partial charge in [-0.15, -0.1) is 10.2 Å². The quantitative estimate of drug-likeness (QED) is 0.722. The van der Waals surface area contributed by atoms with E-state index >= 15 is 0 Å². The highest BCUT2D eigenvalue weighted by Gasteiger charge is 2.22. The summed E-state index contributed by atoms with van der Waals surface area (Å²) in [4.78, 5) is 12.5. The molecule has 0 aliphatic carbocycles. The van der Waals surface area contributed by atoms with Gasteiger partial charge in [-0.25, -0.2) is 4.39 Å². The summed E-state index contributed by atoms with van der Waals surface area (Å²) in [6, 6.07) is 14.6. The largest absolute Gasteiger partial charge is 0.494 e. The zero-order chi connectivity index (χ0) is 20.2.